The molecule has 0 aliphatic carbocycles. The van der Waals surface area contributed by atoms with Crippen LogP contribution in [0.25, 0.3) is 0 Å². The maximum Gasteiger partial charge on any atom is 0.270 e. The lowest BCUT2D eigenvalue weighted by Crippen LogP contribution is -2.35. The van der Waals surface area contributed by atoms with Gasteiger partial charge < -0.3 is 9.88 Å². The molecule has 0 aliphatic rings. The molecule has 0 fully saturated rings. The molecule has 0 radical (unpaired) electrons. The summed E-state index contributed by atoms with van der Waals surface area (Å²) in [7, 11) is 1.58. The SMILES string of the molecule is CN(CC(C)(C)C#N)C(=O)c1cc(F)c[nH]1. The number of nitriles is 1. The number of carbonyl (C=O) groups is 1. The Hall–Kier alpha value is -1.83. The molecule has 1 rings (SSSR count). The molecule has 0 bridgehead atoms. The number of nitrogens with one attached hydrogen (secondary N) is 1. The van der Waals surface area contributed by atoms with Crippen molar-refractivity contribution < 1.29 is 9.18 Å². The molecule has 0 spiro atoms. The van der Waals surface area contributed by atoms with E-state index in [1.54, 1.807) is 20.9 Å². The quantitative estimate of drug-likeness (QED) is 0.849. The zero-order valence-corrected chi connectivity index (χ0v) is 9.54. The van der Waals surface area contributed by atoms with E-state index in [2.05, 4.69) is 11.1 Å². The highest BCUT2D eigenvalue weighted by atomic mass is 19.1. The van der Waals surface area contributed by atoms with Gasteiger partial charge in [-0.15, -0.1) is 0 Å². The summed E-state index contributed by atoms with van der Waals surface area (Å²) >= 11 is 0. The number of hydrogen-bond acceptors (Lipinski definition) is 2. The largest absolute Gasteiger partial charge is 0.355 e. The van der Waals surface area contributed by atoms with Crippen LogP contribution in [0.3, 0.4) is 0 Å². The minimum atomic E-state index is -0.616. The van der Waals surface area contributed by atoms with E-state index >= 15 is 0 Å². The lowest BCUT2D eigenvalue weighted by atomic mass is 9.95. The molecular weight excluding hydrogens is 209 g/mol. The van der Waals surface area contributed by atoms with Gasteiger partial charge in [-0.3, -0.25) is 4.79 Å². The van der Waals surface area contributed by atoms with Crippen LogP contribution in [0.1, 0.15) is 24.3 Å². The number of carbonyl (C=O) groups excluding carboxylic acids is 1. The summed E-state index contributed by atoms with van der Waals surface area (Å²) in [6.45, 7) is 3.78. The highest BCUT2D eigenvalue weighted by Crippen LogP contribution is 2.15. The lowest BCUT2D eigenvalue weighted by Gasteiger charge is -2.23. The van der Waals surface area contributed by atoms with Crippen LogP contribution in [-0.2, 0) is 0 Å². The van der Waals surface area contributed by atoms with Crippen molar-refractivity contribution in [2.75, 3.05) is 13.6 Å². The second kappa shape index (κ2) is 4.35. The normalized spacial score (nSPS) is 10.9. The number of nitrogens with zero attached hydrogens (tertiary/aromatic N) is 2. The van der Waals surface area contributed by atoms with E-state index in [1.807, 2.05) is 0 Å². The standard InChI is InChI=1S/C11H14FN3O/c1-11(2,6-13)7-15(3)10(16)9-4-8(12)5-14-9/h4-5,14H,7H2,1-3H3. The highest BCUT2D eigenvalue weighted by Gasteiger charge is 2.23. The molecule has 1 heterocycles. The highest BCUT2D eigenvalue weighted by molar-refractivity contribution is 5.92. The summed E-state index contributed by atoms with van der Waals surface area (Å²) in [5.41, 5.74) is -0.427. The third-order valence-electron chi connectivity index (χ3n) is 2.16. The average Bonchev–Trinajstić information content (AvgIpc) is 2.63. The molecule has 86 valence electrons. The Kier molecular flexibility index (Phi) is 3.33. The summed E-state index contributed by atoms with van der Waals surface area (Å²) in [6.07, 6.45) is 1.12. The molecule has 1 aromatic rings. The van der Waals surface area contributed by atoms with E-state index < -0.39 is 11.2 Å². The number of aromatic nitrogens is 1. The Labute approximate surface area is 93.7 Å². The molecule has 0 atom stereocenters. The molecule has 0 saturated heterocycles. The molecule has 1 N–H and O–H groups in total. The second-order valence-electron chi connectivity index (χ2n) is 4.39. The molecule has 0 unspecified atom stereocenters. The van der Waals surface area contributed by atoms with Crippen molar-refractivity contribution in [1.82, 2.24) is 9.88 Å². The Balaban J connectivity index is 2.73. The van der Waals surface area contributed by atoms with E-state index in [1.165, 1.54) is 4.90 Å². The molecule has 0 saturated carbocycles. The maximum absolute atomic E-state index is 12.7. The van der Waals surface area contributed by atoms with E-state index in [9.17, 15) is 9.18 Å². The number of aromatic amines is 1. The van der Waals surface area contributed by atoms with E-state index in [-0.39, 0.29) is 11.6 Å². The van der Waals surface area contributed by atoms with Gasteiger partial charge >= 0.3 is 0 Å². The van der Waals surface area contributed by atoms with E-state index in [0.29, 0.717) is 6.54 Å². The number of halogens is 1. The molecule has 4 nitrogen and oxygen atoms in total. The van der Waals surface area contributed by atoms with Gasteiger partial charge in [0.15, 0.2) is 0 Å². The fourth-order valence-corrected chi connectivity index (χ4v) is 1.40. The van der Waals surface area contributed by atoms with Gasteiger partial charge in [-0.1, -0.05) is 0 Å². The molecule has 1 aromatic heterocycles. The minimum Gasteiger partial charge on any atom is -0.355 e. The van der Waals surface area contributed by atoms with Crippen molar-refractivity contribution in [1.29, 1.82) is 5.26 Å². The number of hydrogen-bond donors (Lipinski definition) is 1. The molecule has 0 aromatic carbocycles. The van der Waals surface area contributed by atoms with Gasteiger partial charge in [0.1, 0.15) is 11.5 Å². The Morgan fingerprint density at radius 2 is 2.31 bits per heavy atom. The van der Waals surface area contributed by atoms with Crippen molar-refractivity contribution in [3.05, 3.63) is 23.8 Å². The summed E-state index contributed by atoms with van der Waals surface area (Å²) in [5, 5.41) is 8.84. The van der Waals surface area contributed by atoms with Gasteiger partial charge in [0, 0.05) is 25.9 Å². The molecule has 5 heteroatoms. The van der Waals surface area contributed by atoms with E-state index in [0.717, 1.165) is 12.3 Å². The van der Waals surface area contributed by atoms with E-state index in [4.69, 9.17) is 5.26 Å². The zero-order chi connectivity index (χ0) is 12.3. The monoisotopic (exact) mass is 223 g/mol. The van der Waals surface area contributed by atoms with Crippen LogP contribution in [0.2, 0.25) is 0 Å². The third kappa shape index (κ3) is 2.83. The van der Waals surface area contributed by atoms with Gasteiger partial charge in [0.25, 0.3) is 5.91 Å². The first kappa shape index (κ1) is 12.2. The first-order valence-corrected chi connectivity index (χ1v) is 4.86. The van der Waals surface area contributed by atoms with Crippen LogP contribution in [0, 0.1) is 22.6 Å². The van der Waals surface area contributed by atoms with Crippen LogP contribution >= 0.6 is 0 Å². The molecule has 16 heavy (non-hydrogen) atoms. The maximum atomic E-state index is 12.7. The first-order valence-electron chi connectivity index (χ1n) is 4.86. The van der Waals surface area contributed by atoms with Crippen molar-refractivity contribution in [3.8, 4) is 6.07 Å². The predicted molar refractivity (Wildman–Crippen MR) is 57.1 cm³/mol. The average molecular weight is 223 g/mol. The van der Waals surface area contributed by atoms with Crippen molar-refractivity contribution in [2.24, 2.45) is 5.41 Å². The predicted octanol–water partition coefficient (Wildman–Crippen LogP) is 1.78. The van der Waals surface area contributed by atoms with Crippen LogP contribution in [0.15, 0.2) is 12.3 Å². The van der Waals surface area contributed by atoms with Crippen LogP contribution in [-0.4, -0.2) is 29.4 Å². The minimum absolute atomic E-state index is 0.189. The van der Waals surface area contributed by atoms with Crippen LogP contribution in [0.5, 0.6) is 0 Å². The molecule has 1 amide bonds. The summed E-state index contributed by atoms with van der Waals surface area (Å²) in [5.74, 6) is -0.802. The van der Waals surface area contributed by atoms with Gasteiger partial charge in [0.05, 0.1) is 11.5 Å². The first-order chi connectivity index (χ1) is 7.35. The number of H-pyrrole nitrogens is 1. The van der Waals surface area contributed by atoms with Crippen molar-refractivity contribution >= 4 is 5.91 Å². The number of amides is 1. The van der Waals surface area contributed by atoms with Crippen LogP contribution < -0.4 is 0 Å². The second-order valence-corrected chi connectivity index (χ2v) is 4.39. The van der Waals surface area contributed by atoms with Crippen LogP contribution in [0.4, 0.5) is 4.39 Å². The Bertz CT molecular complexity index is 431. The van der Waals surface area contributed by atoms with Gasteiger partial charge in [-0.25, -0.2) is 4.39 Å². The smallest absolute Gasteiger partial charge is 0.270 e. The fourth-order valence-electron chi connectivity index (χ4n) is 1.40. The zero-order valence-electron chi connectivity index (χ0n) is 9.54. The summed E-state index contributed by atoms with van der Waals surface area (Å²) < 4.78 is 12.7. The van der Waals surface area contributed by atoms with Gasteiger partial charge in [-0.2, -0.15) is 5.26 Å². The Morgan fingerprint density at radius 3 is 2.75 bits per heavy atom. The Morgan fingerprint density at radius 1 is 1.69 bits per heavy atom. The summed E-state index contributed by atoms with van der Waals surface area (Å²) in [4.78, 5) is 15.7. The van der Waals surface area contributed by atoms with Gasteiger partial charge in [-0.05, 0) is 13.8 Å². The fraction of sp³-hybridized carbons (Fsp3) is 0.455. The third-order valence-corrected chi connectivity index (χ3v) is 2.16. The lowest BCUT2D eigenvalue weighted by molar-refractivity contribution is 0.0755. The van der Waals surface area contributed by atoms with Gasteiger partial charge in [0.2, 0.25) is 0 Å². The summed E-state index contributed by atoms with van der Waals surface area (Å²) in [6, 6.07) is 3.24. The topological polar surface area (TPSA) is 59.9 Å². The molecule has 0 aliphatic heterocycles. The van der Waals surface area contributed by atoms with Crippen molar-refractivity contribution in [3.63, 3.8) is 0 Å². The number of rotatable bonds is 3. The molecular formula is C11H14FN3O. The van der Waals surface area contributed by atoms with Crippen molar-refractivity contribution in [2.45, 2.75) is 13.8 Å².